The summed E-state index contributed by atoms with van der Waals surface area (Å²) >= 11 is 0. The standard InChI is InChI=1S/C14H20.C13H17NO.C13H19N.3C12H17N.C12H16.C11H16N2.C11H15N.C11H12O2/c1-10(2)11-5-6-13-12(9-11)7-8-14(13,3)4;1-8(2)9-5-6-11-10(7-9)13(3,4)12(15)14-11;1-9(2)10-5-6-12-11(7-10)13(3,4)8-14-12;2*1-9(2)10-3-4-12-8-13-6-5-11(12)7-10;1-9(2)11-4-3-10-5-6-13-8-12(10)7-11;1-9(2)11-7-6-10-4-3-5-12(10)8-11;1-8(2)9-3-4-11-10(5-9)6-12-7-13-11;1-8(2)9-3-4-11-10(7-9)5-6-12-11;1-7(2)8-3-4-10-9(5-8)6-11(12)13-10/h5-6,9-10H,7-8H2,1-4H3;5-8H,1-4H3,(H,14,15);5-7,9,14H,8H2,1-4H3;3*3-4,7,9,13H,5-6,8H2,1-2H3;6-9H,3-5H2,1-2H3;3-5,8,12-13H,6-7H2,1-2H3;3-4,7-8,12H,5-6H2,1-2H3;3-5,7H,6H2,1-2H3. The Morgan fingerprint density at radius 2 is 0.629 bits per heavy atom. The van der Waals surface area contributed by atoms with E-state index in [2.05, 4.69) is 372 Å². The van der Waals surface area contributed by atoms with Crippen molar-refractivity contribution < 1.29 is 14.3 Å². The average Bonchev–Trinajstić information content (AvgIpc) is 1.57. The lowest BCUT2D eigenvalue weighted by Gasteiger charge is -2.20. The summed E-state index contributed by atoms with van der Waals surface area (Å²) in [6.07, 6.45) is 11.7. The van der Waals surface area contributed by atoms with E-state index in [4.69, 9.17) is 4.74 Å². The molecule has 8 N–H and O–H groups in total. The van der Waals surface area contributed by atoms with Crippen LogP contribution in [0.1, 0.15) is 391 Å². The van der Waals surface area contributed by atoms with Crippen molar-refractivity contribution >= 4 is 34.6 Å². The van der Waals surface area contributed by atoms with Crippen molar-refractivity contribution in [1.82, 2.24) is 21.3 Å². The fourth-order valence-electron chi connectivity index (χ4n) is 18.8. The van der Waals surface area contributed by atoms with Gasteiger partial charge in [0, 0.05) is 73.0 Å². The van der Waals surface area contributed by atoms with Crippen LogP contribution in [0.2, 0.25) is 0 Å². The highest BCUT2D eigenvalue weighted by Crippen LogP contribution is 2.43. The van der Waals surface area contributed by atoms with Gasteiger partial charge in [-0.2, -0.15) is 0 Å². The van der Waals surface area contributed by atoms with Crippen molar-refractivity contribution in [1.29, 1.82) is 0 Å². The quantitative estimate of drug-likeness (QED) is 0.0493. The number of hydrogen-bond acceptors (Lipinski definition) is 10. The summed E-state index contributed by atoms with van der Waals surface area (Å²) in [6, 6.07) is 67.3. The van der Waals surface area contributed by atoms with E-state index in [1.165, 1.54) is 169 Å². The fourth-order valence-corrected chi connectivity index (χ4v) is 18.8. The zero-order valence-corrected chi connectivity index (χ0v) is 86.0. The molecule has 20 rings (SSSR count). The first-order chi connectivity index (χ1) is 62.7. The van der Waals surface area contributed by atoms with Crippen molar-refractivity contribution in [2.24, 2.45) is 0 Å². The minimum atomic E-state index is -0.389. The Kier molecular flexibility index (Phi) is 36.7. The van der Waals surface area contributed by atoms with Crippen LogP contribution in [0.15, 0.2) is 182 Å². The van der Waals surface area contributed by atoms with E-state index in [0.29, 0.717) is 76.4 Å². The SMILES string of the molecule is CC(C)c1ccc2c(c1)C(C)(C)C(=O)N2.CC(C)c1ccc2c(c1)C(C)(C)CN2.CC(C)c1ccc2c(c1)CC(=O)O2.CC(C)c1ccc2c(c1)CCC2.CC(C)c1ccc2c(c1)CCC2(C)C.CC(C)c1ccc2c(c1)CCN2.CC(C)c1ccc2c(c1)CCNC2.CC(C)c1ccc2c(c1)CCNC2.CC(C)c1ccc2c(c1)CNCC2.CC(C)c1ccc2c(c1)CNCN2. The molecule has 0 bridgehead atoms. The molecular formula is C121H166N8O3. The minimum absolute atomic E-state index is 0.0957. The van der Waals surface area contributed by atoms with E-state index in [9.17, 15) is 9.59 Å². The summed E-state index contributed by atoms with van der Waals surface area (Å²) in [5.41, 5.74) is 41.4. The second kappa shape index (κ2) is 47.0. The van der Waals surface area contributed by atoms with Gasteiger partial charge in [-0.1, -0.05) is 318 Å². The van der Waals surface area contributed by atoms with E-state index in [1.807, 2.05) is 32.0 Å². The van der Waals surface area contributed by atoms with E-state index in [0.717, 1.165) is 88.1 Å². The molecule has 10 aliphatic rings. The molecule has 0 spiro atoms. The van der Waals surface area contributed by atoms with Gasteiger partial charge in [0.05, 0.1) is 18.5 Å². The molecule has 11 heteroatoms. The number of rotatable bonds is 10. The number of aryl methyl sites for hydroxylation is 3. The highest BCUT2D eigenvalue weighted by molar-refractivity contribution is 6.05. The van der Waals surface area contributed by atoms with Gasteiger partial charge in [-0.25, -0.2) is 0 Å². The Balaban J connectivity index is 0.000000142. The van der Waals surface area contributed by atoms with Gasteiger partial charge in [-0.15, -0.1) is 0 Å². The van der Waals surface area contributed by atoms with Crippen molar-refractivity contribution in [2.45, 2.75) is 346 Å². The van der Waals surface area contributed by atoms with Crippen LogP contribution in [0.5, 0.6) is 5.75 Å². The Hall–Kier alpha value is -9.62. The molecule has 10 aromatic rings. The molecule has 8 aliphatic heterocycles. The number of carbonyl (C=O) groups excluding carboxylic acids is 2. The first-order valence-electron chi connectivity index (χ1n) is 50.6. The second-order valence-corrected chi connectivity index (χ2v) is 43.3. The Labute approximate surface area is 798 Å². The van der Waals surface area contributed by atoms with Gasteiger partial charge in [0.1, 0.15) is 5.75 Å². The zero-order chi connectivity index (χ0) is 95.5. The first kappa shape index (κ1) is 103. The van der Waals surface area contributed by atoms with E-state index in [1.54, 1.807) is 33.4 Å². The van der Waals surface area contributed by atoms with Gasteiger partial charge in [-0.05, 0) is 320 Å². The third-order valence-corrected chi connectivity index (χ3v) is 28.4. The lowest BCUT2D eigenvalue weighted by molar-refractivity contribution is -0.131. The molecule has 11 nitrogen and oxygen atoms in total. The summed E-state index contributed by atoms with van der Waals surface area (Å²) < 4.78 is 5.00. The molecule has 0 unspecified atom stereocenters. The number of benzene rings is 10. The lowest BCUT2D eigenvalue weighted by Crippen LogP contribution is -2.27. The van der Waals surface area contributed by atoms with E-state index >= 15 is 0 Å². The molecule has 0 saturated heterocycles. The molecule has 708 valence electrons. The Morgan fingerprint density at radius 1 is 0.273 bits per heavy atom. The number of ether oxygens (including phenoxy) is 1. The van der Waals surface area contributed by atoms with E-state index in [-0.39, 0.29) is 17.3 Å². The van der Waals surface area contributed by atoms with Crippen molar-refractivity contribution in [2.75, 3.05) is 60.7 Å². The fraction of sp³-hybridized carbons (Fsp3) is 0.488. The van der Waals surface area contributed by atoms with Crippen LogP contribution < -0.4 is 47.3 Å². The van der Waals surface area contributed by atoms with Crippen LogP contribution in [-0.4, -0.2) is 51.3 Å². The van der Waals surface area contributed by atoms with Gasteiger partial charge in [0.2, 0.25) is 5.91 Å². The number of fused-ring (bicyclic) bond motifs is 10. The molecule has 8 heterocycles. The average molecular weight is 1780 g/mol. The number of carbonyl (C=O) groups is 2. The van der Waals surface area contributed by atoms with Gasteiger partial charge < -0.3 is 42.0 Å². The maximum atomic E-state index is 11.7. The summed E-state index contributed by atoms with van der Waals surface area (Å²) in [5, 5.41) is 26.5. The summed E-state index contributed by atoms with van der Waals surface area (Å²) in [6.45, 7) is 68.4. The van der Waals surface area contributed by atoms with Crippen LogP contribution >= 0.6 is 0 Å². The number of esters is 1. The van der Waals surface area contributed by atoms with Crippen LogP contribution in [0, 0.1) is 0 Å². The molecule has 2 aliphatic carbocycles. The number of hydrogen-bond donors (Lipinski definition) is 8. The molecule has 0 atom stereocenters. The van der Waals surface area contributed by atoms with Crippen LogP contribution in [0.4, 0.5) is 22.7 Å². The number of amides is 1. The van der Waals surface area contributed by atoms with Crippen LogP contribution in [0.3, 0.4) is 0 Å². The molecule has 10 aromatic carbocycles. The summed E-state index contributed by atoms with van der Waals surface area (Å²) in [7, 11) is 0. The summed E-state index contributed by atoms with van der Waals surface area (Å²) in [5.74, 6) is 6.86. The Morgan fingerprint density at radius 3 is 1.14 bits per heavy atom. The Bertz CT molecular complexity index is 5180. The van der Waals surface area contributed by atoms with Crippen LogP contribution in [-0.2, 0) is 103 Å². The van der Waals surface area contributed by atoms with Gasteiger partial charge in [-0.3, -0.25) is 14.9 Å². The number of anilines is 4. The lowest BCUT2D eigenvalue weighted by atomic mass is 9.84. The molecule has 0 aromatic heterocycles. The second-order valence-electron chi connectivity index (χ2n) is 43.3. The third kappa shape index (κ3) is 27.8. The van der Waals surface area contributed by atoms with Gasteiger partial charge in [0.15, 0.2) is 0 Å². The smallest absolute Gasteiger partial charge is 0.315 e. The maximum absolute atomic E-state index is 11.7. The van der Waals surface area contributed by atoms with Crippen molar-refractivity contribution in [3.63, 3.8) is 0 Å². The third-order valence-electron chi connectivity index (χ3n) is 28.4. The topological polar surface area (TPSA) is 140 Å². The molecule has 0 fully saturated rings. The van der Waals surface area contributed by atoms with Crippen molar-refractivity contribution in [3.05, 3.63) is 321 Å². The summed E-state index contributed by atoms with van der Waals surface area (Å²) in [4.78, 5) is 22.7. The molecular weight excluding hydrogens is 1610 g/mol. The number of nitrogens with one attached hydrogen (secondary N) is 8. The minimum Gasteiger partial charge on any atom is -0.426 e. The largest absolute Gasteiger partial charge is 0.426 e. The maximum Gasteiger partial charge on any atom is 0.315 e. The van der Waals surface area contributed by atoms with E-state index < -0.39 is 0 Å². The predicted molar refractivity (Wildman–Crippen MR) is 565 cm³/mol. The zero-order valence-electron chi connectivity index (χ0n) is 86.0. The van der Waals surface area contributed by atoms with Crippen molar-refractivity contribution in [3.8, 4) is 5.75 Å². The molecule has 1 amide bonds. The normalized spacial score (nSPS) is 16.3. The predicted octanol–water partition coefficient (Wildman–Crippen LogP) is 28.6. The highest BCUT2D eigenvalue weighted by Gasteiger charge is 2.39. The first-order valence-corrected chi connectivity index (χ1v) is 50.6. The highest BCUT2D eigenvalue weighted by atomic mass is 16.5. The monoisotopic (exact) mass is 1780 g/mol. The molecule has 132 heavy (non-hydrogen) atoms. The van der Waals surface area contributed by atoms with Gasteiger partial charge in [0.25, 0.3) is 0 Å². The molecule has 0 radical (unpaired) electrons. The molecule has 0 saturated carbocycles. The van der Waals surface area contributed by atoms with Gasteiger partial charge >= 0.3 is 5.97 Å². The van der Waals surface area contributed by atoms with Crippen LogP contribution in [0.25, 0.3) is 0 Å².